The van der Waals surface area contributed by atoms with E-state index in [2.05, 4.69) is 22.5 Å². The quantitative estimate of drug-likeness (QED) is 0.851. The highest BCUT2D eigenvalue weighted by molar-refractivity contribution is 5.97. The number of carbonyl (C=O) groups is 2. The molecule has 27 heavy (non-hydrogen) atoms. The van der Waals surface area contributed by atoms with Gasteiger partial charge in [0, 0.05) is 6.54 Å². The number of carboxylic acids is 1. The van der Waals surface area contributed by atoms with Crippen molar-refractivity contribution >= 4 is 11.9 Å². The number of fused-ring (bicyclic) bond motifs is 2. The lowest BCUT2D eigenvalue weighted by Crippen LogP contribution is -2.42. The molecule has 0 fully saturated rings. The molecule has 1 aliphatic carbocycles. The number of aromatic nitrogens is 2. The summed E-state index contributed by atoms with van der Waals surface area (Å²) in [5.74, 6) is -1.14. The summed E-state index contributed by atoms with van der Waals surface area (Å²) in [4.78, 5) is 24.6. The van der Waals surface area contributed by atoms with Crippen LogP contribution in [0.4, 0.5) is 0 Å². The van der Waals surface area contributed by atoms with Crippen LogP contribution in [0.25, 0.3) is 0 Å². The fourth-order valence-electron chi connectivity index (χ4n) is 4.45. The Hall–Kier alpha value is -2.63. The van der Waals surface area contributed by atoms with Crippen LogP contribution in [0.5, 0.6) is 0 Å². The molecule has 2 aliphatic rings. The second-order valence-electron chi connectivity index (χ2n) is 7.57. The average molecular weight is 367 g/mol. The number of nitrogens with one attached hydrogen (secondary N) is 1. The standard InChI is InChI=1S/C21H25N3O3/c25-20(17-13-22-24-11-4-3-10-19(17)24)23-18(21(26)27)12-15-8-5-7-14-6-1-2-9-16(14)15/h1-2,6,9,13,15,18H,3-5,7-8,10-12H2,(H,23,25)(H,26,27). The summed E-state index contributed by atoms with van der Waals surface area (Å²) in [5.41, 5.74) is 3.97. The van der Waals surface area contributed by atoms with E-state index in [0.29, 0.717) is 12.0 Å². The lowest BCUT2D eigenvalue weighted by atomic mass is 9.79. The van der Waals surface area contributed by atoms with Crippen LogP contribution in [0.15, 0.2) is 30.5 Å². The van der Waals surface area contributed by atoms with Crippen molar-refractivity contribution in [2.45, 2.75) is 63.5 Å². The number of aryl methyl sites for hydroxylation is 2. The second-order valence-corrected chi connectivity index (χ2v) is 7.57. The molecule has 0 spiro atoms. The Morgan fingerprint density at radius 1 is 1.22 bits per heavy atom. The van der Waals surface area contributed by atoms with Crippen LogP contribution in [0.2, 0.25) is 0 Å². The number of carboxylic acid groups (broad SMARTS) is 1. The smallest absolute Gasteiger partial charge is 0.326 e. The van der Waals surface area contributed by atoms with E-state index < -0.39 is 12.0 Å². The van der Waals surface area contributed by atoms with Crippen molar-refractivity contribution in [3.8, 4) is 0 Å². The molecule has 6 heteroatoms. The van der Waals surface area contributed by atoms with E-state index in [0.717, 1.165) is 50.8 Å². The topological polar surface area (TPSA) is 84.2 Å². The van der Waals surface area contributed by atoms with Crippen molar-refractivity contribution in [2.75, 3.05) is 0 Å². The maximum absolute atomic E-state index is 12.8. The Balaban J connectivity index is 1.50. The highest BCUT2D eigenvalue weighted by Crippen LogP contribution is 2.34. The van der Waals surface area contributed by atoms with E-state index in [4.69, 9.17) is 0 Å². The zero-order chi connectivity index (χ0) is 18.8. The Bertz CT molecular complexity index is 858. The summed E-state index contributed by atoms with van der Waals surface area (Å²) in [7, 11) is 0. The van der Waals surface area contributed by atoms with Gasteiger partial charge in [-0.15, -0.1) is 0 Å². The molecule has 4 rings (SSSR count). The molecule has 1 amide bonds. The van der Waals surface area contributed by atoms with Crippen LogP contribution in [-0.4, -0.2) is 32.8 Å². The molecule has 1 aliphatic heterocycles. The van der Waals surface area contributed by atoms with Gasteiger partial charge < -0.3 is 10.4 Å². The van der Waals surface area contributed by atoms with Gasteiger partial charge >= 0.3 is 5.97 Å². The number of hydrogen-bond acceptors (Lipinski definition) is 3. The van der Waals surface area contributed by atoms with E-state index in [1.807, 2.05) is 16.8 Å². The SMILES string of the molecule is O=C(NC(CC1CCCc2ccccc21)C(=O)O)c1cnn2c1CCCC2. The zero-order valence-electron chi connectivity index (χ0n) is 15.4. The van der Waals surface area contributed by atoms with Crippen molar-refractivity contribution in [3.63, 3.8) is 0 Å². The number of aliphatic carboxylic acids is 1. The lowest BCUT2D eigenvalue weighted by Gasteiger charge is -2.28. The Morgan fingerprint density at radius 3 is 2.93 bits per heavy atom. The molecule has 2 unspecified atom stereocenters. The third-order valence-electron chi connectivity index (χ3n) is 5.84. The Kier molecular flexibility index (Phi) is 4.97. The van der Waals surface area contributed by atoms with Gasteiger partial charge in [-0.3, -0.25) is 9.48 Å². The predicted molar refractivity (Wildman–Crippen MR) is 101 cm³/mol. The maximum Gasteiger partial charge on any atom is 0.326 e. The fraction of sp³-hybridized carbons (Fsp3) is 0.476. The van der Waals surface area contributed by atoms with Gasteiger partial charge in [0.05, 0.1) is 17.5 Å². The van der Waals surface area contributed by atoms with Crippen LogP contribution in [-0.2, 0) is 24.2 Å². The minimum Gasteiger partial charge on any atom is -0.480 e. The van der Waals surface area contributed by atoms with Gasteiger partial charge in [-0.05, 0) is 62.0 Å². The highest BCUT2D eigenvalue weighted by atomic mass is 16.4. The summed E-state index contributed by atoms with van der Waals surface area (Å²) in [6, 6.07) is 7.35. The molecule has 1 aromatic carbocycles. The molecule has 0 bridgehead atoms. The maximum atomic E-state index is 12.8. The second kappa shape index (κ2) is 7.55. The molecule has 6 nitrogen and oxygen atoms in total. The van der Waals surface area contributed by atoms with Crippen molar-refractivity contribution in [2.24, 2.45) is 0 Å². The first-order valence-electron chi connectivity index (χ1n) is 9.79. The molecule has 2 atom stereocenters. The lowest BCUT2D eigenvalue weighted by molar-refractivity contribution is -0.139. The third kappa shape index (κ3) is 3.61. The Morgan fingerprint density at radius 2 is 2.07 bits per heavy atom. The zero-order valence-corrected chi connectivity index (χ0v) is 15.4. The number of nitrogens with zero attached hydrogens (tertiary/aromatic N) is 2. The summed E-state index contributed by atoms with van der Waals surface area (Å²) in [6.45, 7) is 0.823. The van der Waals surface area contributed by atoms with Gasteiger partial charge in [0.15, 0.2) is 0 Å². The number of carbonyl (C=O) groups excluding carboxylic acids is 1. The van der Waals surface area contributed by atoms with Crippen LogP contribution >= 0.6 is 0 Å². The summed E-state index contributed by atoms with van der Waals surface area (Å²) < 4.78 is 1.87. The summed E-state index contributed by atoms with van der Waals surface area (Å²) in [6.07, 6.45) is 7.96. The number of benzene rings is 1. The Labute approximate surface area is 158 Å². The molecule has 142 valence electrons. The van der Waals surface area contributed by atoms with Gasteiger partial charge in [0.1, 0.15) is 6.04 Å². The molecule has 0 radical (unpaired) electrons. The number of rotatable bonds is 5. The monoisotopic (exact) mass is 367 g/mol. The fourth-order valence-corrected chi connectivity index (χ4v) is 4.45. The van der Waals surface area contributed by atoms with Crippen molar-refractivity contribution < 1.29 is 14.7 Å². The first-order chi connectivity index (χ1) is 13.1. The molecular weight excluding hydrogens is 342 g/mol. The summed E-state index contributed by atoms with van der Waals surface area (Å²) in [5, 5.41) is 16.7. The first-order valence-corrected chi connectivity index (χ1v) is 9.79. The van der Waals surface area contributed by atoms with E-state index >= 15 is 0 Å². The number of hydrogen-bond donors (Lipinski definition) is 2. The normalized spacial score (nSPS) is 19.6. The molecule has 2 heterocycles. The van der Waals surface area contributed by atoms with Crippen LogP contribution < -0.4 is 5.32 Å². The average Bonchev–Trinajstić information content (AvgIpc) is 3.12. The van der Waals surface area contributed by atoms with E-state index in [1.54, 1.807) is 6.20 Å². The van der Waals surface area contributed by atoms with Crippen molar-refractivity contribution in [3.05, 3.63) is 52.8 Å². The van der Waals surface area contributed by atoms with Gasteiger partial charge in [0.2, 0.25) is 0 Å². The largest absolute Gasteiger partial charge is 0.480 e. The molecule has 0 saturated heterocycles. The molecule has 2 aromatic rings. The highest BCUT2D eigenvalue weighted by Gasteiger charge is 2.29. The van der Waals surface area contributed by atoms with Crippen LogP contribution in [0.1, 0.15) is 65.2 Å². The van der Waals surface area contributed by atoms with Gasteiger partial charge in [0.25, 0.3) is 5.91 Å². The number of amides is 1. The molecule has 0 saturated carbocycles. The molecule has 1 aromatic heterocycles. The van der Waals surface area contributed by atoms with Crippen LogP contribution in [0.3, 0.4) is 0 Å². The summed E-state index contributed by atoms with van der Waals surface area (Å²) >= 11 is 0. The van der Waals surface area contributed by atoms with Crippen molar-refractivity contribution in [1.29, 1.82) is 0 Å². The predicted octanol–water partition coefficient (Wildman–Crippen LogP) is 2.91. The first kappa shape index (κ1) is 17.8. The van der Waals surface area contributed by atoms with E-state index in [1.165, 1.54) is 11.1 Å². The van der Waals surface area contributed by atoms with Gasteiger partial charge in [-0.2, -0.15) is 5.10 Å². The molecular formula is C21H25N3O3. The van der Waals surface area contributed by atoms with Crippen LogP contribution in [0, 0.1) is 0 Å². The van der Waals surface area contributed by atoms with Gasteiger partial charge in [-0.25, -0.2) is 4.79 Å². The van der Waals surface area contributed by atoms with Gasteiger partial charge in [-0.1, -0.05) is 24.3 Å². The minimum atomic E-state index is -0.979. The third-order valence-corrected chi connectivity index (χ3v) is 5.84. The van der Waals surface area contributed by atoms with E-state index in [9.17, 15) is 14.7 Å². The molecule has 2 N–H and O–H groups in total. The van der Waals surface area contributed by atoms with Crippen molar-refractivity contribution in [1.82, 2.24) is 15.1 Å². The van der Waals surface area contributed by atoms with E-state index in [-0.39, 0.29) is 11.8 Å². The minimum absolute atomic E-state index is 0.164.